The van der Waals surface area contributed by atoms with Crippen LogP contribution in [0.25, 0.3) is 6.08 Å². The van der Waals surface area contributed by atoms with Gasteiger partial charge in [-0.25, -0.2) is 13.8 Å². The summed E-state index contributed by atoms with van der Waals surface area (Å²) in [5, 5.41) is 0. The van der Waals surface area contributed by atoms with E-state index in [2.05, 4.69) is 11.9 Å². The lowest BCUT2D eigenvalue weighted by atomic mass is 10.1. The first-order chi connectivity index (χ1) is 15.0. The molecule has 0 aromatic heterocycles. The van der Waals surface area contributed by atoms with Crippen molar-refractivity contribution in [1.82, 2.24) is 0 Å². The van der Waals surface area contributed by atoms with Crippen LogP contribution in [0.4, 0.5) is 14.5 Å². The maximum Gasteiger partial charge on any atom is 0.282 e. The van der Waals surface area contributed by atoms with E-state index < -0.39 is 0 Å². The van der Waals surface area contributed by atoms with Crippen molar-refractivity contribution in [3.8, 4) is 0 Å². The average molecular weight is 416 g/mol. The van der Waals surface area contributed by atoms with E-state index in [1.54, 1.807) is 30.3 Å². The molecule has 1 aliphatic rings. The lowest BCUT2D eigenvalue weighted by molar-refractivity contribution is -0.113. The molecule has 0 saturated carbocycles. The zero-order chi connectivity index (χ0) is 21.8. The molecule has 1 heterocycles. The second kappa shape index (κ2) is 9.04. The first-order valence-corrected chi connectivity index (χ1v) is 10.3. The highest BCUT2D eigenvalue weighted by atomic mass is 19.1. The summed E-state index contributed by atoms with van der Waals surface area (Å²) < 4.78 is 26.7. The van der Waals surface area contributed by atoms with Crippen molar-refractivity contribution in [1.29, 1.82) is 0 Å². The Morgan fingerprint density at radius 3 is 2.10 bits per heavy atom. The van der Waals surface area contributed by atoms with Crippen LogP contribution >= 0.6 is 0 Å². The van der Waals surface area contributed by atoms with E-state index in [4.69, 9.17) is 0 Å². The number of amides is 1. The fourth-order valence-electron chi connectivity index (χ4n) is 3.46. The fourth-order valence-corrected chi connectivity index (χ4v) is 3.46. The smallest absolute Gasteiger partial charge is 0.266 e. The van der Waals surface area contributed by atoms with Crippen LogP contribution in [0.1, 0.15) is 36.5 Å². The predicted octanol–water partition coefficient (Wildman–Crippen LogP) is 6.14. The van der Waals surface area contributed by atoms with Crippen molar-refractivity contribution in [3.05, 3.63) is 107 Å². The molecule has 0 unspecified atom stereocenters. The number of amidine groups is 1. The van der Waals surface area contributed by atoms with Crippen LogP contribution in [0, 0.1) is 11.6 Å². The second-order valence-electron chi connectivity index (χ2n) is 7.43. The number of hydrogen-bond donors (Lipinski definition) is 0. The molecule has 4 rings (SSSR count). The molecule has 1 aliphatic heterocycles. The largest absolute Gasteiger partial charge is 0.282 e. The number of hydrogen-bond acceptors (Lipinski definition) is 2. The van der Waals surface area contributed by atoms with Crippen LogP contribution in [0.3, 0.4) is 0 Å². The van der Waals surface area contributed by atoms with Gasteiger partial charge in [0.25, 0.3) is 5.91 Å². The van der Waals surface area contributed by atoms with E-state index in [-0.39, 0.29) is 23.2 Å². The highest BCUT2D eigenvalue weighted by Gasteiger charge is 2.32. The molecule has 1 amide bonds. The first kappa shape index (κ1) is 20.7. The number of nitrogens with zero attached hydrogens (tertiary/aromatic N) is 2. The Labute approximate surface area is 180 Å². The summed E-state index contributed by atoms with van der Waals surface area (Å²) in [4.78, 5) is 19.3. The quantitative estimate of drug-likeness (QED) is 0.444. The Morgan fingerprint density at radius 2 is 1.48 bits per heavy atom. The van der Waals surface area contributed by atoms with Crippen molar-refractivity contribution in [2.24, 2.45) is 4.99 Å². The van der Waals surface area contributed by atoms with E-state index >= 15 is 0 Å². The zero-order valence-electron chi connectivity index (χ0n) is 17.2. The lowest BCUT2D eigenvalue weighted by Crippen LogP contribution is -2.32. The third-order valence-electron chi connectivity index (χ3n) is 5.15. The van der Waals surface area contributed by atoms with Gasteiger partial charge in [-0.1, -0.05) is 49.7 Å². The summed E-state index contributed by atoms with van der Waals surface area (Å²) in [6.07, 6.45) is 4.87. The molecule has 0 aliphatic carbocycles. The summed E-state index contributed by atoms with van der Waals surface area (Å²) >= 11 is 0. The van der Waals surface area contributed by atoms with Crippen LogP contribution in [0.15, 0.2) is 83.5 Å². The first-order valence-electron chi connectivity index (χ1n) is 10.3. The topological polar surface area (TPSA) is 32.7 Å². The summed E-state index contributed by atoms with van der Waals surface area (Å²) in [6.45, 7) is 2.16. The van der Waals surface area contributed by atoms with Gasteiger partial charge in [-0.2, -0.15) is 0 Å². The van der Waals surface area contributed by atoms with Crippen molar-refractivity contribution >= 4 is 23.5 Å². The van der Waals surface area contributed by atoms with Gasteiger partial charge in [-0.15, -0.1) is 0 Å². The number of carbonyl (C=O) groups is 1. The SMILES string of the molecule is CCCCc1ccc(C2=N/C(=C\c3ccc(F)cc3)C(=O)N2c2ccc(F)cc2)cc1. The molecular weight excluding hydrogens is 394 g/mol. The lowest BCUT2D eigenvalue weighted by Gasteiger charge is -2.18. The molecule has 0 fully saturated rings. The number of anilines is 1. The standard InChI is InChI=1S/C26H22F2N2O/c1-2-3-4-18-5-9-20(10-6-18)25-29-24(17-19-7-11-21(27)12-8-19)26(31)30(25)23-15-13-22(28)14-16-23/h5-17H,2-4H2,1H3/b24-17-. The summed E-state index contributed by atoms with van der Waals surface area (Å²) in [5.74, 6) is -0.565. The number of aryl methyl sites for hydroxylation is 1. The molecule has 0 N–H and O–H groups in total. The third kappa shape index (κ3) is 4.61. The Kier molecular flexibility index (Phi) is 6.03. The normalized spacial score (nSPS) is 14.9. The molecule has 0 spiro atoms. The Morgan fingerprint density at radius 1 is 0.871 bits per heavy atom. The number of carbonyl (C=O) groups excluding carboxylic acids is 1. The number of unbranched alkanes of at least 4 members (excludes halogenated alkanes) is 1. The van der Waals surface area contributed by atoms with E-state index in [0.717, 1.165) is 24.8 Å². The number of benzene rings is 3. The van der Waals surface area contributed by atoms with Gasteiger partial charge in [0.15, 0.2) is 0 Å². The highest BCUT2D eigenvalue weighted by molar-refractivity contribution is 6.33. The Hall–Kier alpha value is -3.60. The van der Waals surface area contributed by atoms with Crippen molar-refractivity contribution in [2.45, 2.75) is 26.2 Å². The molecule has 3 aromatic rings. The van der Waals surface area contributed by atoms with Gasteiger partial charge in [-0.3, -0.25) is 9.69 Å². The number of aliphatic imine (C=N–C) groups is 1. The van der Waals surface area contributed by atoms with Crippen LogP contribution < -0.4 is 4.90 Å². The van der Waals surface area contributed by atoms with E-state index in [9.17, 15) is 13.6 Å². The second-order valence-corrected chi connectivity index (χ2v) is 7.43. The van der Waals surface area contributed by atoms with E-state index in [1.807, 2.05) is 24.3 Å². The molecular formula is C26H22F2N2O. The number of halogens is 2. The van der Waals surface area contributed by atoms with Crippen molar-refractivity contribution < 1.29 is 13.6 Å². The average Bonchev–Trinajstić information content (AvgIpc) is 3.11. The van der Waals surface area contributed by atoms with Crippen molar-refractivity contribution in [3.63, 3.8) is 0 Å². The van der Waals surface area contributed by atoms with Gasteiger partial charge in [-0.05, 0) is 66.4 Å². The van der Waals surface area contributed by atoms with Crippen LogP contribution in [0.5, 0.6) is 0 Å². The van der Waals surface area contributed by atoms with Gasteiger partial charge in [0.1, 0.15) is 23.2 Å². The molecule has 0 bridgehead atoms. The van der Waals surface area contributed by atoms with Gasteiger partial charge in [0, 0.05) is 5.56 Å². The molecule has 0 saturated heterocycles. The summed E-state index contributed by atoms with van der Waals surface area (Å²) in [5.41, 5.74) is 3.46. The summed E-state index contributed by atoms with van der Waals surface area (Å²) in [6, 6.07) is 19.6. The highest BCUT2D eigenvalue weighted by Crippen LogP contribution is 2.28. The molecule has 3 nitrogen and oxygen atoms in total. The van der Waals surface area contributed by atoms with E-state index in [1.165, 1.54) is 34.7 Å². The molecule has 5 heteroatoms. The van der Waals surface area contributed by atoms with Gasteiger partial charge < -0.3 is 0 Å². The maximum absolute atomic E-state index is 13.5. The maximum atomic E-state index is 13.5. The third-order valence-corrected chi connectivity index (χ3v) is 5.15. The molecule has 0 radical (unpaired) electrons. The molecule has 156 valence electrons. The van der Waals surface area contributed by atoms with Crippen LogP contribution in [-0.4, -0.2) is 11.7 Å². The minimum Gasteiger partial charge on any atom is -0.266 e. The monoisotopic (exact) mass is 416 g/mol. The van der Waals surface area contributed by atoms with Gasteiger partial charge >= 0.3 is 0 Å². The molecule has 3 aromatic carbocycles. The Balaban J connectivity index is 1.74. The predicted molar refractivity (Wildman–Crippen MR) is 120 cm³/mol. The minimum atomic E-state index is -0.378. The van der Waals surface area contributed by atoms with Gasteiger partial charge in [0.05, 0.1) is 5.69 Å². The zero-order valence-corrected chi connectivity index (χ0v) is 17.2. The van der Waals surface area contributed by atoms with Crippen LogP contribution in [0.2, 0.25) is 0 Å². The van der Waals surface area contributed by atoms with E-state index in [0.29, 0.717) is 17.1 Å². The Bertz CT molecular complexity index is 1130. The minimum absolute atomic E-state index is 0.237. The fraction of sp³-hybridized carbons (Fsp3) is 0.154. The van der Waals surface area contributed by atoms with Crippen LogP contribution in [-0.2, 0) is 11.2 Å². The molecule has 0 atom stereocenters. The van der Waals surface area contributed by atoms with Crippen molar-refractivity contribution in [2.75, 3.05) is 4.90 Å². The molecule has 31 heavy (non-hydrogen) atoms. The summed E-state index contributed by atoms with van der Waals surface area (Å²) in [7, 11) is 0. The number of rotatable bonds is 6. The van der Waals surface area contributed by atoms with Gasteiger partial charge in [0.2, 0.25) is 0 Å².